The number of likely N-dealkylation sites (tertiary alicyclic amines) is 2. The molecule has 0 radical (unpaired) electrons. The maximum atomic E-state index is 13.3. The molecule has 1 aliphatic carbocycles. The molecule has 5 aliphatic rings. The predicted molar refractivity (Wildman–Crippen MR) is 223 cm³/mol. The van der Waals surface area contributed by atoms with Crippen molar-refractivity contribution in [3.05, 3.63) is 74.5 Å². The van der Waals surface area contributed by atoms with Crippen molar-refractivity contribution in [3.8, 4) is 28.4 Å². The van der Waals surface area contributed by atoms with Gasteiger partial charge < -0.3 is 23.7 Å². The number of hydrogen-bond acceptors (Lipinski definition) is 11. The van der Waals surface area contributed by atoms with Gasteiger partial charge >= 0.3 is 0 Å². The third-order valence-electron chi connectivity index (χ3n) is 13.6. The van der Waals surface area contributed by atoms with Crippen LogP contribution in [0.2, 0.25) is 0 Å². The number of ether oxygens (including phenoxy) is 3. The number of nitrogens with one attached hydrogen (secondary N) is 1. The molecular weight excluding hydrogens is 771 g/mol. The lowest BCUT2D eigenvalue weighted by Gasteiger charge is -2.52. The van der Waals surface area contributed by atoms with E-state index in [1.54, 1.807) is 55.4 Å². The van der Waals surface area contributed by atoms with E-state index in [4.69, 9.17) is 14.2 Å². The number of aromatic nitrogens is 1. The Bertz CT molecular complexity index is 2390. The minimum Gasteiger partial charge on any atom is -0.496 e. The van der Waals surface area contributed by atoms with Crippen molar-refractivity contribution < 1.29 is 33.4 Å². The number of amides is 4. The first-order valence-corrected chi connectivity index (χ1v) is 21.6. The lowest BCUT2D eigenvalue weighted by molar-refractivity contribution is -0.136. The van der Waals surface area contributed by atoms with Crippen LogP contribution < -0.4 is 25.1 Å². The smallest absolute Gasteiger partial charge is 0.262 e. The van der Waals surface area contributed by atoms with Crippen LogP contribution in [0.3, 0.4) is 0 Å². The maximum Gasteiger partial charge on any atom is 0.262 e. The van der Waals surface area contributed by atoms with Crippen LogP contribution in [0, 0.1) is 18.3 Å². The van der Waals surface area contributed by atoms with Crippen molar-refractivity contribution in [1.82, 2.24) is 24.6 Å². The summed E-state index contributed by atoms with van der Waals surface area (Å²) in [6, 6.07) is 8.15. The normalized spacial score (nSPS) is 21.6. The zero-order chi connectivity index (χ0) is 41.2. The second kappa shape index (κ2) is 15.5. The third-order valence-corrected chi connectivity index (χ3v) is 14.7. The molecule has 4 aromatic rings. The first-order valence-electron chi connectivity index (χ1n) is 20.7. The fourth-order valence-corrected chi connectivity index (χ4v) is 11.2. The summed E-state index contributed by atoms with van der Waals surface area (Å²) in [5, 5.41) is 5.05. The van der Waals surface area contributed by atoms with Crippen LogP contribution in [0.5, 0.6) is 17.2 Å². The second-order valence-electron chi connectivity index (χ2n) is 17.3. The number of imide groups is 2. The summed E-state index contributed by atoms with van der Waals surface area (Å²) in [6.07, 6.45) is 8.73. The van der Waals surface area contributed by atoms with Crippen molar-refractivity contribution in [2.45, 2.75) is 77.0 Å². The Kier molecular flexibility index (Phi) is 10.4. The van der Waals surface area contributed by atoms with E-state index in [9.17, 15) is 24.0 Å². The van der Waals surface area contributed by atoms with Crippen molar-refractivity contribution in [2.24, 2.45) is 18.4 Å². The van der Waals surface area contributed by atoms with Gasteiger partial charge in [-0.25, -0.2) is 0 Å². The van der Waals surface area contributed by atoms with E-state index in [0.717, 1.165) is 127 Å². The standard InChI is InChI=1S/C45H51N5O8S/c1-26-25-59-40-33(23-47(2)44(55)39(26)40)28-17-36(56-3)34(37(18-28)57-4)24-48-13-9-27(10-14-48)22-49-15-11-45(12-16-49)20-30(21-45)58-29-5-6-31-32(19-29)43(54)50(42(31)53)35-7-8-38(51)46-41(35)52/h5-6,17-19,23,25,27,30,35H,7-16,20-22,24H2,1-4H3,(H,46,51,52). The van der Waals surface area contributed by atoms with E-state index >= 15 is 0 Å². The summed E-state index contributed by atoms with van der Waals surface area (Å²) in [5.41, 5.74) is 4.80. The van der Waals surface area contributed by atoms with Gasteiger partial charge in [0.2, 0.25) is 11.8 Å². The van der Waals surface area contributed by atoms with E-state index < -0.39 is 29.7 Å². The molecule has 4 fully saturated rings. The van der Waals surface area contributed by atoms with Gasteiger partial charge in [-0.3, -0.25) is 39.1 Å². The van der Waals surface area contributed by atoms with Gasteiger partial charge in [-0.05, 0) is 136 Å². The van der Waals surface area contributed by atoms with Gasteiger partial charge in [0.05, 0.1) is 42.4 Å². The van der Waals surface area contributed by atoms with Crippen molar-refractivity contribution in [1.29, 1.82) is 0 Å². The van der Waals surface area contributed by atoms with Gasteiger partial charge in [0.15, 0.2) is 0 Å². The highest BCUT2D eigenvalue weighted by molar-refractivity contribution is 7.18. The highest BCUT2D eigenvalue weighted by atomic mass is 32.1. The quantitative estimate of drug-likeness (QED) is 0.203. The fraction of sp³-hybridized carbons (Fsp3) is 0.489. The number of piperidine rings is 3. The van der Waals surface area contributed by atoms with Gasteiger partial charge in [0.1, 0.15) is 23.3 Å². The number of carbonyl (C=O) groups excluding carboxylic acids is 4. The molecule has 1 N–H and O–H groups in total. The first-order chi connectivity index (χ1) is 28.4. The lowest BCUT2D eigenvalue weighted by atomic mass is 9.61. The number of pyridine rings is 1. The average molecular weight is 822 g/mol. The Morgan fingerprint density at radius 1 is 0.847 bits per heavy atom. The molecule has 13 nitrogen and oxygen atoms in total. The molecule has 14 heteroatoms. The molecule has 310 valence electrons. The molecule has 1 unspecified atom stereocenters. The number of methoxy groups -OCH3 is 2. The zero-order valence-corrected chi connectivity index (χ0v) is 35.0. The van der Waals surface area contributed by atoms with Crippen molar-refractivity contribution in [2.75, 3.05) is 46.9 Å². The average Bonchev–Trinajstić information content (AvgIpc) is 3.72. The molecule has 4 aliphatic heterocycles. The van der Waals surface area contributed by atoms with Gasteiger partial charge in [-0.15, -0.1) is 11.3 Å². The highest BCUT2D eigenvalue weighted by Gasteiger charge is 2.48. The van der Waals surface area contributed by atoms with Gasteiger partial charge in [0.25, 0.3) is 17.4 Å². The zero-order valence-electron chi connectivity index (χ0n) is 34.1. The number of aryl methyl sites for hydroxylation is 2. The summed E-state index contributed by atoms with van der Waals surface area (Å²) in [6.45, 7) is 8.07. The van der Waals surface area contributed by atoms with Crippen LogP contribution in [0.25, 0.3) is 21.2 Å². The molecule has 1 spiro atoms. The molecule has 4 amide bonds. The molecule has 9 rings (SSSR count). The second-order valence-corrected chi connectivity index (χ2v) is 18.1. The largest absolute Gasteiger partial charge is 0.496 e. The van der Waals surface area contributed by atoms with Crippen LogP contribution in [0.4, 0.5) is 0 Å². The number of benzene rings is 2. The number of rotatable bonds is 10. The minimum atomic E-state index is -0.984. The highest BCUT2D eigenvalue weighted by Crippen LogP contribution is 2.51. The van der Waals surface area contributed by atoms with Crippen LogP contribution >= 0.6 is 11.3 Å². The molecule has 1 saturated carbocycles. The van der Waals surface area contributed by atoms with Crippen molar-refractivity contribution in [3.63, 3.8) is 0 Å². The third kappa shape index (κ3) is 7.22. The van der Waals surface area contributed by atoms with Crippen LogP contribution in [-0.2, 0) is 23.2 Å². The summed E-state index contributed by atoms with van der Waals surface area (Å²) >= 11 is 1.60. The summed E-state index contributed by atoms with van der Waals surface area (Å²) in [4.78, 5) is 69.4. The van der Waals surface area contributed by atoms with E-state index in [-0.39, 0.29) is 41.0 Å². The summed E-state index contributed by atoms with van der Waals surface area (Å²) in [5.74, 6) is 0.761. The Balaban J connectivity index is 0.751. The molecule has 2 aromatic heterocycles. The van der Waals surface area contributed by atoms with Crippen molar-refractivity contribution >= 4 is 45.1 Å². The van der Waals surface area contributed by atoms with Gasteiger partial charge in [-0.2, -0.15) is 0 Å². The molecule has 3 saturated heterocycles. The Labute approximate surface area is 347 Å². The molecule has 2 aromatic carbocycles. The molecular formula is C45H51N5O8S. The lowest BCUT2D eigenvalue weighted by Crippen LogP contribution is -2.54. The fourth-order valence-electron chi connectivity index (χ4n) is 10.1. The summed E-state index contributed by atoms with van der Waals surface area (Å²) in [7, 11) is 5.22. The topological polar surface area (TPSA) is 140 Å². The van der Waals surface area contributed by atoms with E-state index in [0.29, 0.717) is 11.7 Å². The Hall–Kier alpha value is -5.05. The van der Waals surface area contributed by atoms with Gasteiger partial charge in [-0.1, -0.05) is 0 Å². The number of fused-ring (bicyclic) bond motifs is 2. The first kappa shape index (κ1) is 39.4. The Morgan fingerprint density at radius 3 is 2.22 bits per heavy atom. The number of nitrogens with zero attached hydrogens (tertiary/aromatic N) is 4. The monoisotopic (exact) mass is 821 g/mol. The van der Waals surface area contributed by atoms with Crippen LogP contribution in [0.15, 0.2) is 46.7 Å². The van der Waals surface area contributed by atoms with Crippen LogP contribution in [-0.4, -0.2) is 102 Å². The molecule has 6 heterocycles. The summed E-state index contributed by atoms with van der Waals surface area (Å²) < 4.78 is 20.9. The molecule has 59 heavy (non-hydrogen) atoms. The number of hydrogen-bond donors (Lipinski definition) is 1. The van der Waals surface area contributed by atoms with E-state index in [1.165, 1.54) is 0 Å². The maximum absolute atomic E-state index is 13.3. The molecule has 1 atom stereocenters. The number of carbonyl (C=O) groups is 4. The van der Waals surface area contributed by atoms with Crippen LogP contribution in [0.1, 0.15) is 83.2 Å². The Morgan fingerprint density at radius 2 is 1.54 bits per heavy atom. The van der Waals surface area contributed by atoms with E-state index in [2.05, 4.69) is 27.2 Å². The SMILES string of the molecule is COc1cc(-c2cn(C)c(=O)c3c(C)csc23)cc(OC)c1CN1CCC(CN2CCC3(CC2)CC(Oc2ccc4c(c2)C(=O)N(C2CCC(=O)NC2=O)C4=O)C3)CC1. The molecule has 0 bridgehead atoms. The van der Waals surface area contributed by atoms with E-state index in [1.807, 2.05) is 18.5 Å². The van der Waals surface area contributed by atoms with Gasteiger partial charge in [0, 0.05) is 43.0 Å². The number of thiophene rings is 1. The minimum absolute atomic E-state index is 0.0167. The predicted octanol–water partition coefficient (Wildman–Crippen LogP) is 5.53.